The van der Waals surface area contributed by atoms with E-state index in [4.69, 9.17) is 25.8 Å². The summed E-state index contributed by atoms with van der Waals surface area (Å²) >= 11 is 6.23. The Balaban J connectivity index is 2.34. The van der Waals surface area contributed by atoms with E-state index in [0.717, 1.165) is 5.30 Å². The first-order valence-electron chi connectivity index (χ1n) is 8.43. The fourth-order valence-corrected chi connectivity index (χ4v) is 3.76. The lowest BCUT2D eigenvalue weighted by Gasteiger charge is -2.17. The van der Waals surface area contributed by atoms with Crippen molar-refractivity contribution in [2.75, 3.05) is 7.11 Å². The molecule has 0 saturated heterocycles. The number of methoxy groups -OCH3 is 1. The summed E-state index contributed by atoms with van der Waals surface area (Å²) in [6, 6.07) is 10.7. The molecule has 1 unspecified atom stereocenters. The number of carbonyl (C=O) groups is 1. The molecule has 0 aliphatic heterocycles. The minimum Gasteiger partial charge on any atom is -0.496 e. The van der Waals surface area contributed by atoms with Crippen LogP contribution in [0.4, 0.5) is 0 Å². The van der Waals surface area contributed by atoms with Gasteiger partial charge in [0.15, 0.2) is 5.52 Å². The molecule has 0 aliphatic carbocycles. The molecule has 2 rings (SSSR count). The molecule has 4 nitrogen and oxygen atoms in total. The summed E-state index contributed by atoms with van der Waals surface area (Å²) in [5.74, 6) is 1.84. The van der Waals surface area contributed by atoms with Crippen LogP contribution in [-0.2, 0) is 0 Å². The highest BCUT2D eigenvalue weighted by atomic mass is 35.5. The molecule has 0 heterocycles. The molecular formula is C20H24ClO4P. The highest BCUT2D eigenvalue weighted by Crippen LogP contribution is 2.34. The molecular weight excluding hydrogens is 371 g/mol. The Morgan fingerprint density at radius 1 is 1.00 bits per heavy atom. The lowest BCUT2D eigenvalue weighted by Crippen LogP contribution is -2.14. The van der Waals surface area contributed by atoms with Gasteiger partial charge in [-0.25, -0.2) is 0 Å². The molecule has 0 radical (unpaired) electrons. The Morgan fingerprint density at radius 3 is 2.31 bits per heavy atom. The first-order chi connectivity index (χ1) is 12.3. The van der Waals surface area contributed by atoms with E-state index in [1.54, 1.807) is 18.2 Å². The summed E-state index contributed by atoms with van der Waals surface area (Å²) in [6.07, 6.45) is 0.0435. The predicted molar refractivity (Wildman–Crippen MR) is 108 cm³/mol. The first kappa shape index (κ1) is 20.5. The van der Waals surface area contributed by atoms with Gasteiger partial charge in [-0.05, 0) is 60.5 Å². The molecule has 26 heavy (non-hydrogen) atoms. The second-order valence-electron chi connectivity index (χ2n) is 6.26. The number of halogens is 1. The summed E-state index contributed by atoms with van der Waals surface area (Å²) in [5, 5.41) is 1.19. The van der Waals surface area contributed by atoms with Crippen molar-refractivity contribution in [2.45, 2.75) is 39.9 Å². The molecule has 0 spiro atoms. The van der Waals surface area contributed by atoms with E-state index in [2.05, 4.69) is 0 Å². The molecule has 0 amide bonds. The van der Waals surface area contributed by atoms with E-state index in [0.29, 0.717) is 27.8 Å². The van der Waals surface area contributed by atoms with Crippen LogP contribution in [0.3, 0.4) is 0 Å². The number of carbonyl (C=O) groups excluding carboxylic acids is 1. The number of benzene rings is 2. The van der Waals surface area contributed by atoms with Gasteiger partial charge in [0, 0.05) is 11.4 Å². The standard InChI is InChI=1S/C20H24ClO4P/c1-12(2)24-14-9-10-18(17(11-14)25-13(3)4)26-20(22)19-15(21)7-6-8-16(19)23-5/h6-13,26H,1-5H3. The lowest BCUT2D eigenvalue weighted by molar-refractivity contribution is 0.108. The summed E-state index contributed by atoms with van der Waals surface area (Å²) < 4.78 is 16.9. The minimum absolute atomic E-state index is 0.0159. The highest BCUT2D eigenvalue weighted by Gasteiger charge is 2.19. The normalized spacial score (nSPS) is 11.4. The Kier molecular flexibility index (Phi) is 7.31. The molecule has 6 heteroatoms. The molecule has 140 valence electrons. The molecule has 0 N–H and O–H groups in total. The number of ether oxygens (including phenoxy) is 3. The van der Waals surface area contributed by atoms with Crippen molar-refractivity contribution >= 4 is 31.0 Å². The average molecular weight is 395 g/mol. The van der Waals surface area contributed by atoms with Gasteiger partial charge in [0.05, 0.1) is 29.9 Å². The second kappa shape index (κ2) is 9.25. The number of hydrogen-bond acceptors (Lipinski definition) is 4. The maximum Gasteiger partial charge on any atom is 0.190 e. The van der Waals surface area contributed by atoms with Crippen molar-refractivity contribution in [3.05, 3.63) is 47.0 Å². The van der Waals surface area contributed by atoms with Gasteiger partial charge in [0.25, 0.3) is 0 Å². The molecule has 0 fully saturated rings. The first-order valence-corrected chi connectivity index (χ1v) is 9.80. The van der Waals surface area contributed by atoms with E-state index in [1.165, 1.54) is 7.11 Å². The second-order valence-corrected chi connectivity index (χ2v) is 7.91. The van der Waals surface area contributed by atoms with Gasteiger partial charge in [0.1, 0.15) is 17.2 Å². The van der Waals surface area contributed by atoms with Crippen LogP contribution in [0.1, 0.15) is 38.1 Å². The van der Waals surface area contributed by atoms with Crippen molar-refractivity contribution in [1.82, 2.24) is 0 Å². The van der Waals surface area contributed by atoms with Crippen molar-refractivity contribution in [3.63, 3.8) is 0 Å². The number of hydrogen-bond donors (Lipinski definition) is 0. The third kappa shape index (κ3) is 5.36. The zero-order chi connectivity index (χ0) is 19.3. The van der Waals surface area contributed by atoms with Crippen LogP contribution >= 0.6 is 20.2 Å². The molecule has 2 aromatic rings. The van der Waals surface area contributed by atoms with Crippen LogP contribution in [0, 0.1) is 0 Å². The van der Waals surface area contributed by atoms with Gasteiger partial charge in [-0.15, -0.1) is 0 Å². The molecule has 0 bridgehead atoms. The van der Waals surface area contributed by atoms with Gasteiger partial charge in [-0.3, -0.25) is 4.79 Å². The summed E-state index contributed by atoms with van der Waals surface area (Å²) in [6.45, 7) is 7.82. The van der Waals surface area contributed by atoms with Gasteiger partial charge >= 0.3 is 0 Å². The molecule has 2 aromatic carbocycles. The maximum atomic E-state index is 12.9. The summed E-state index contributed by atoms with van der Waals surface area (Å²) in [7, 11) is 1.38. The Hall–Kier alpha value is -1.77. The molecule has 1 atom stereocenters. The Bertz CT molecular complexity index is 774. The fourth-order valence-electron chi connectivity index (χ4n) is 2.38. The van der Waals surface area contributed by atoms with Crippen LogP contribution in [0.25, 0.3) is 0 Å². The summed E-state index contributed by atoms with van der Waals surface area (Å²) in [5.41, 5.74) is 0.298. The Morgan fingerprint density at radius 2 is 1.69 bits per heavy atom. The van der Waals surface area contributed by atoms with Crippen LogP contribution in [-0.4, -0.2) is 24.8 Å². The van der Waals surface area contributed by atoms with Crippen molar-refractivity contribution in [3.8, 4) is 17.2 Å². The van der Waals surface area contributed by atoms with Gasteiger partial charge < -0.3 is 14.2 Å². The van der Waals surface area contributed by atoms with Crippen molar-refractivity contribution < 1.29 is 19.0 Å². The van der Waals surface area contributed by atoms with E-state index >= 15 is 0 Å². The van der Waals surface area contributed by atoms with Gasteiger partial charge in [-0.2, -0.15) is 0 Å². The van der Waals surface area contributed by atoms with Crippen molar-refractivity contribution in [1.29, 1.82) is 0 Å². The monoisotopic (exact) mass is 394 g/mol. The topological polar surface area (TPSA) is 44.8 Å². The van der Waals surface area contributed by atoms with Crippen LogP contribution in [0.2, 0.25) is 5.02 Å². The fraction of sp³-hybridized carbons (Fsp3) is 0.350. The van der Waals surface area contributed by atoms with Gasteiger partial charge in [0.2, 0.25) is 0 Å². The van der Waals surface area contributed by atoms with E-state index < -0.39 is 0 Å². The smallest absolute Gasteiger partial charge is 0.190 e. The third-order valence-corrected chi connectivity index (χ3v) is 4.83. The highest BCUT2D eigenvalue weighted by molar-refractivity contribution is 7.66. The third-order valence-electron chi connectivity index (χ3n) is 3.36. The Labute approximate surface area is 161 Å². The molecule has 0 saturated carbocycles. The van der Waals surface area contributed by atoms with E-state index in [1.807, 2.05) is 45.9 Å². The van der Waals surface area contributed by atoms with E-state index in [9.17, 15) is 4.79 Å². The van der Waals surface area contributed by atoms with E-state index in [-0.39, 0.29) is 26.3 Å². The maximum absolute atomic E-state index is 12.9. The lowest BCUT2D eigenvalue weighted by atomic mass is 10.2. The van der Waals surface area contributed by atoms with Crippen LogP contribution < -0.4 is 19.5 Å². The average Bonchev–Trinajstić information content (AvgIpc) is 2.55. The van der Waals surface area contributed by atoms with Crippen molar-refractivity contribution in [2.24, 2.45) is 0 Å². The predicted octanol–water partition coefficient (Wildman–Crippen LogP) is 5.07. The SMILES string of the molecule is COc1cccc(Cl)c1C(=O)Pc1ccc(OC(C)C)cc1OC(C)C. The summed E-state index contributed by atoms with van der Waals surface area (Å²) in [4.78, 5) is 12.9. The van der Waals surface area contributed by atoms with Crippen LogP contribution in [0.15, 0.2) is 36.4 Å². The minimum atomic E-state index is -0.142. The largest absolute Gasteiger partial charge is 0.496 e. The van der Waals surface area contributed by atoms with Gasteiger partial charge in [-0.1, -0.05) is 17.7 Å². The quantitative estimate of drug-likeness (QED) is 0.586. The zero-order valence-electron chi connectivity index (χ0n) is 15.6. The molecule has 0 aromatic heterocycles. The zero-order valence-corrected chi connectivity index (χ0v) is 17.4. The molecule has 0 aliphatic rings. The van der Waals surface area contributed by atoms with Crippen LogP contribution in [0.5, 0.6) is 17.2 Å². The number of rotatable bonds is 8.